The molecule has 1 N–H and O–H groups in total. The largest absolute Gasteiger partial charge is 0.469 e. The minimum absolute atomic E-state index is 0.146. The fraction of sp³-hybridized carbons (Fsp3) is 0.417. The lowest BCUT2D eigenvalue weighted by atomic mass is 10.1. The van der Waals surface area contributed by atoms with Crippen molar-refractivity contribution in [2.45, 2.75) is 13.5 Å². The summed E-state index contributed by atoms with van der Waals surface area (Å²) >= 11 is 6.00. The van der Waals surface area contributed by atoms with Gasteiger partial charge in [-0.15, -0.1) is 0 Å². The number of ether oxygens (including phenoxy) is 1. The molecule has 0 heterocycles. The van der Waals surface area contributed by atoms with Gasteiger partial charge in [0, 0.05) is 18.1 Å². The van der Waals surface area contributed by atoms with Gasteiger partial charge in [0.15, 0.2) is 0 Å². The second kappa shape index (κ2) is 6.51. The molecular weight excluding hydrogens is 226 g/mol. The zero-order valence-corrected chi connectivity index (χ0v) is 10.3. The van der Waals surface area contributed by atoms with E-state index in [9.17, 15) is 4.79 Å². The maximum absolute atomic E-state index is 11.1. The summed E-state index contributed by atoms with van der Waals surface area (Å²) in [7, 11) is 1.40. The van der Waals surface area contributed by atoms with Crippen LogP contribution in [0.2, 0.25) is 5.02 Å². The molecule has 4 heteroatoms. The summed E-state index contributed by atoms with van der Waals surface area (Å²) in [6.07, 6.45) is 0. The van der Waals surface area contributed by atoms with Crippen molar-refractivity contribution in [3.8, 4) is 0 Å². The fourth-order valence-electron chi connectivity index (χ4n) is 1.35. The molecule has 1 rings (SSSR count). The van der Waals surface area contributed by atoms with Crippen LogP contribution in [0.25, 0.3) is 0 Å². The number of esters is 1. The molecule has 0 bridgehead atoms. The van der Waals surface area contributed by atoms with Crippen LogP contribution in [0.5, 0.6) is 0 Å². The molecule has 0 aromatic heterocycles. The van der Waals surface area contributed by atoms with Crippen LogP contribution in [0.4, 0.5) is 0 Å². The lowest BCUT2D eigenvalue weighted by molar-refractivity contribution is -0.144. The lowest BCUT2D eigenvalue weighted by Crippen LogP contribution is -2.27. The molecule has 0 spiro atoms. The molecule has 1 aromatic carbocycles. The number of rotatable bonds is 5. The van der Waals surface area contributed by atoms with Gasteiger partial charge in [-0.1, -0.05) is 36.7 Å². The number of nitrogens with one attached hydrogen (secondary N) is 1. The minimum atomic E-state index is -0.202. The van der Waals surface area contributed by atoms with Crippen LogP contribution in [-0.2, 0) is 16.1 Å². The van der Waals surface area contributed by atoms with Gasteiger partial charge < -0.3 is 10.1 Å². The molecule has 0 radical (unpaired) electrons. The van der Waals surface area contributed by atoms with E-state index in [2.05, 4.69) is 10.1 Å². The van der Waals surface area contributed by atoms with Crippen LogP contribution in [0.1, 0.15) is 12.5 Å². The van der Waals surface area contributed by atoms with Gasteiger partial charge in [-0.25, -0.2) is 0 Å². The van der Waals surface area contributed by atoms with E-state index in [4.69, 9.17) is 11.6 Å². The summed E-state index contributed by atoms with van der Waals surface area (Å²) in [4.78, 5) is 11.1. The third-order valence-corrected chi connectivity index (χ3v) is 2.70. The molecule has 0 aliphatic rings. The average Bonchev–Trinajstić information content (AvgIpc) is 2.30. The number of benzene rings is 1. The maximum Gasteiger partial charge on any atom is 0.309 e. The molecule has 1 atom stereocenters. The standard InChI is InChI=1S/C12H16ClNO2/c1-9(12(15)16-2)7-14-8-10-5-3-4-6-11(10)13/h3-6,9,14H,7-8H2,1-2H3/t9-/m0/s1. The Hall–Kier alpha value is -1.06. The highest BCUT2D eigenvalue weighted by molar-refractivity contribution is 6.31. The SMILES string of the molecule is COC(=O)[C@@H](C)CNCc1ccccc1Cl. The van der Waals surface area contributed by atoms with E-state index in [0.717, 1.165) is 10.6 Å². The molecular formula is C12H16ClNO2. The predicted molar refractivity (Wildman–Crippen MR) is 64.3 cm³/mol. The molecule has 1 aromatic rings. The first-order valence-corrected chi connectivity index (χ1v) is 5.55. The van der Waals surface area contributed by atoms with Crippen molar-refractivity contribution >= 4 is 17.6 Å². The highest BCUT2D eigenvalue weighted by Gasteiger charge is 2.12. The van der Waals surface area contributed by atoms with Crippen molar-refractivity contribution < 1.29 is 9.53 Å². The first-order chi connectivity index (χ1) is 7.65. The van der Waals surface area contributed by atoms with E-state index in [1.807, 2.05) is 31.2 Å². The van der Waals surface area contributed by atoms with Crippen molar-refractivity contribution in [2.24, 2.45) is 5.92 Å². The molecule has 0 amide bonds. The normalized spacial score (nSPS) is 12.2. The smallest absolute Gasteiger partial charge is 0.309 e. The highest BCUT2D eigenvalue weighted by atomic mass is 35.5. The highest BCUT2D eigenvalue weighted by Crippen LogP contribution is 2.14. The van der Waals surface area contributed by atoms with Crippen LogP contribution < -0.4 is 5.32 Å². The van der Waals surface area contributed by atoms with E-state index in [1.54, 1.807) is 0 Å². The van der Waals surface area contributed by atoms with Crippen molar-refractivity contribution in [1.82, 2.24) is 5.32 Å². The summed E-state index contributed by atoms with van der Waals surface area (Å²) in [5.41, 5.74) is 1.03. The Kier molecular flexibility index (Phi) is 5.29. The summed E-state index contributed by atoms with van der Waals surface area (Å²) in [5, 5.41) is 3.91. The Labute approximate surface area is 101 Å². The molecule has 16 heavy (non-hydrogen) atoms. The average molecular weight is 242 g/mol. The van der Waals surface area contributed by atoms with Gasteiger partial charge in [0.1, 0.15) is 0 Å². The predicted octanol–water partition coefficient (Wildman–Crippen LogP) is 2.24. The van der Waals surface area contributed by atoms with E-state index < -0.39 is 0 Å². The number of hydrogen-bond donors (Lipinski definition) is 1. The van der Waals surface area contributed by atoms with E-state index in [0.29, 0.717) is 13.1 Å². The Bertz CT molecular complexity index is 355. The first-order valence-electron chi connectivity index (χ1n) is 5.17. The van der Waals surface area contributed by atoms with Crippen molar-refractivity contribution in [1.29, 1.82) is 0 Å². The Morgan fingerprint density at radius 1 is 1.50 bits per heavy atom. The van der Waals surface area contributed by atoms with Gasteiger partial charge in [0.05, 0.1) is 13.0 Å². The van der Waals surface area contributed by atoms with Gasteiger partial charge in [0.2, 0.25) is 0 Å². The molecule has 0 aliphatic carbocycles. The summed E-state index contributed by atoms with van der Waals surface area (Å²) in [6.45, 7) is 3.06. The van der Waals surface area contributed by atoms with Gasteiger partial charge >= 0.3 is 5.97 Å². The third kappa shape index (κ3) is 3.83. The van der Waals surface area contributed by atoms with Crippen LogP contribution >= 0.6 is 11.6 Å². The lowest BCUT2D eigenvalue weighted by Gasteiger charge is -2.11. The van der Waals surface area contributed by atoms with Crippen LogP contribution in [-0.4, -0.2) is 19.6 Å². The second-order valence-corrected chi connectivity index (χ2v) is 4.05. The van der Waals surface area contributed by atoms with E-state index >= 15 is 0 Å². The van der Waals surface area contributed by atoms with Gasteiger partial charge in [0.25, 0.3) is 0 Å². The van der Waals surface area contributed by atoms with Gasteiger partial charge in [-0.3, -0.25) is 4.79 Å². The maximum atomic E-state index is 11.1. The summed E-state index contributed by atoms with van der Waals surface area (Å²) < 4.78 is 4.63. The van der Waals surface area contributed by atoms with Crippen molar-refractivity contribution in [2.75, 3.05) is 13.7 Å². The minimum Gasteiger partial charge on any atom is -0.469 e. The topological polar surface area (TPSA) is 38.3 Å². The molecule has 0 saturated heterocycles. The monoisotopic (exact) mass is 241 g/mol. The molecule has 3 nitrogen and oxygen atoms in total. The summed E-state index contributed by atoms with van der Waals surface area (Å²) in [6, 6.07) is 7.63. The Morgan fingerprint density at radius 2 is 2.19 bits per heavy atom. The van der Waals surface area contributed by atoms with Crippen molar-refractivity contribution in [3.05, 3.63) is 34.9 Å². The number of methoxy groups -OCH3 is 1. The van der Waals surface area contributed by atoms with Crippen LogP contribution in [0.3, 0.4) is 0 Å². The number of carbonyl (C=O) groups excluding carboxylic acids is 1. The number of hydrogen-bond acceptors (Lipinski definition) is 3. The first kappa shape index (κ1) is 13.0. The third-order valence-electron chi connectivity index (χ3n) is 2.33. The van der Waals surface area contributed by atoms with Crippen molar-refractivity contribution in [3.63, 3.8) is 0 Å². The fourth-order valence-corrected chi connectivity index (χ4v) is 1.55. The van der Waals surface area contributed by atoms with Gasteiger partial charge in [-0.05, 0) is 11.6 Å². The number of halogens is 1. The number of carbonyl (C=O) groups is 1. The summed E-state index contributed by atoms with van der Waals surface area (Å²) in [5.74, 6) is -0.348. The molecule has 0 saturated carbocycles. The molecule has 0 aliphatic heterocycles. The van der Waals surface area contributed by atoms with E-state index in [1.165, 1.54) is 7.11 Å². The second-order valence-electron chi connectivity index (χ2n) is 3.65. The van der Waals surface area contributed by atoms with Gasteiger partial charge in [-0.2, -0.15) is 0 Å². The molecule has 0 fully saturated rings. The quantitative estimate of drug-likeness (QED) is 0.804. The van der Waals surface area contributed by atoms with Crippen LogP contribution in [0.15, 0.2) is 24.3 Å². The zero-order valence-electron chi connectivity index (χ0n) is 9.50. The Morgan fingerprint density at radius 3 is 2.81 bits per heavy atom. The molecule has 0 unspecified atom stereocenters. The zero-order chi connectivity index (χ0) is 12.0. The van der Waals surface area contributed by atoms with E-state index in [-0.39, 0.29) is 11.9 Å². The van der Waals surface area contributed by atoms with Crippen LogP contribution in [0, 0.1) is 5.92 Å². The Balaban J connectivity index is 2.36. The molecule has 88 valence electrons.